The first-order valence-electron chi connectivity index (χ1n) is 6.83. The number of pyridine rings is 1. The third-order valence-corrected chi connectivity index (χ3v) is 4.48. The third kappa shape index (κ3) is 3.07. The van der Waals surface area contributed by atoms with Crippen molar-refractivity contribution >= 4 is 21.4 Å². The van der Waals surface area contributed by atoms with Crippen molar-refractivity contribution in [2.45, 2.75) is 11.4 Å². The topological polar surface area (TPSA) is 93.4 Å². The first-order chi connectivity index (χ1) is 11.0. The zero-order valence-corrected chi connectivity index (χ0v) is 13.1. The van der Waals surface area contributed by atoms with Gasteiger partial charge in [0.25, 0.3) is 5.91 Å². The number of fused-ring (bicyclic) bond motifs is 1. The Balaban J connectivity index is 1.83. The van der Waals surface area contributed by atoms with Crippen molar-refractivity contribution in [2.75, 3.05) is 6.26 Å². The van der Waals surface area contributed by atoms with Crippen LogP contribution in [0.25, 0.3) is 5.65 Å². The standard InChI is InChI=1S/C15H14N4O3S/c1-23(21,22)12-7-3-2-6-11(12)15(20)16-10-14-18-17-13-8-4-5-9-19(13)14/h2-9H,10H2,1H3,(H,16,20). The molecule has 1 aromatic carbocycles. The number of nitrogens with one attached hydrogen (secondary N) is 1. The van der Waals surface area contributed by atoms with Gasteiger partial charge in [0.2, 0.25) is 0 Å². The monoisotopic (exact) mass is 330 g/mol. The average Bonchev–Trinajstić information content (AvgIpc) is 2.95. The van der Waals surface area contributed by atoms with E-state index >= 15 is 0 Å². The Morgan fingerprint density at radius 1 is 1.13 bits per heavy atom. The second-order valence-corrected chi connectivity index (χ2v) is 6.98. The molecule has 0 atom stereocenters. The summed E-state index contributed by atoms with van der Waals surface area (Å²) in [5.41, 5.74) is 0.789. The number of hydrogen-bond acceptors (Lipinski definition) is 5. The van der Waals surface area contributed by atoms with Crippen LogP contribution in [0.5, 0.6) is 0 Å². The lowest BCUT2D eigenvalue weighted by molar-refractivity contribution is 0.0946. The maximum Gasteiger partial charge on any atom is 0.252 e. The molecule has 0 radical (unpaired) electrons. The lowest BCUT2D eigenvalue weighted by Gasteiger charge is -2.08. The SMILES string of the molecule is CS(=O)(=O)c1ccccc1C(=O)NCc1nnc2ccccn12. The number of benzene rings is 1. The van der Waals surface area contributed by atoms with Crippen LogP contribution in [-0.4, -0.2) is 35.2 Å². The van der Waals surface area contributed by atoms with E-state index in [-0.39, 0.29) is 17.0 Å². The number of nitrogens with zero attached hydrogens (tertiary/aromatic N) is 3. The highest BCUT2D eigenvalue weighted by Crippen LogP contribution is 2.15. The summed E-state index contributed by atoms with van der Waals surface area (Å²) >= 11 is 0. The molecule has 0 fully saturated rings. The van der Waals surface area contributed by atoms with Gasteiger partial charge in [0.15, 0.2) is 21.3 Å². The lowest BCUT2D eigenvalue weighted by Crippen LogP contribution is -2.25. The van der Waals surface area contributed by atoms with Gasteiger partial charge >= 0.3 is 0 Å². The van der Waals surface area contributed by atoms with Crippen molar-refractivity contribution in [2.24, 2.45) is 0 Å². The van der Waals surface area contributed by atoms with Gasteiger partial charge in [0.1, 0.15) is 0 Å². The lowest BCUT2D eigenvalue weighted by atomic mass is 10.2. The molecular formula is C15H14N4O3S. The first kappa shape index (κ1) is 15.2. The van der Waals surface area contributed by atoms with Gasteiger partial charge in [-0.25, -0.2) is 8.42 Å². The molecule has 8 heteroatoms. The summed E-state index contributed by atoms with van der Waals surface area (Å²) in [7, 11) is -3.48. The summed E-state index contributed by atoms with van der Waals surface area (Å²) in [5, 5.41) is 10.7. The molecule has 23 heavy (non-hydrogen) atoms. The highest BCUT2D eigenvalue weighted by molar-refractivity contribution is 7.90. The van der Waals surface area contributed by atoms with E-state index in [1.54, 1.807) is 28.8 Å². The molecule has 0 saturated heterocycles. The van der Waals surface area contributed by atoms with E-state index in [2.05, 4.69) is 15.5 Å². The molecule has 7 nitrogen and oxygen atoms in total. The first-order valence-corrected chi connectivity index (χ1v) is 8.72. The zero-order valence-electron chi connectivity index (χ0n) is 12.3. The number of carbonyl (C=O) groups excluding carboxylic acids is 1. The van der Waals surface area contributed by atoms with Crippen molar-refractivity contribution in [3.63, 3.8) is 0 Å². The Morgan fingerprint density at radius 3 is 2.65 bits per heavy atom. The van der Waals surface area contributed by atoms with Gasteiger partial charge in [-0.1, -0.05) is 18.2 Å². The smallest absolute Gasteiger partial charge is 0.252 e. The molecule has 3 aromatic rings. The van der Waals surface area contributed by atoms with Gasteiger partial charge in [0, 0.05) is 12.5 Å². The van der Waals surface area contributed by atoms with E-state index in [1.165, 1.54) is 12.1 Å². The minimum Gasteiger partial charge on any atom is -0.345 e. The molecule has 1 N–H and O–H groups in total. The van der Waals surface area contributed by atoms with Gasteiger partial charge in [-0.15, -0.1) is 10.2 Å². The number of hydrogen-bond donors (Lipinski definition) is 1. The third-order valence-electron chi connectivity index (χ3n) is 3.32. The van der Waals surface area contributed by atoms with E-state index < -0.39 is 15.7 Å². The molecule has 0 aliphatic rings. The van der Waals surface area contributed by atoms with Crippen LogP contribution in [0.4, 0.5) is 0 Å². The molecule has 1 amide bonds. The van der Waals surface area contributed by atoms with Crippen LogP contribution in [0.2, 0.25) is 0 Å². The van der Waals surface area contributed by atoms with E-state index in [1.807, 2.05) is 12.1 Å². The van der Waals surface area contributed by atoms with E-state index in [4.69, 9.17) is 0 Å². The van der Waals surface area contributed by atoms with Crippen molar-refractivity contribution < 1.29 is 13.2 Å². The largest absolute Gasteiger partial charge is 0.345 e. The molecule has 2 heterocycles. The predicted octanol–water partition coefficient (Wildman–Crippen LogP) is 1.06. The van der Waals surface area contributed by atoms with Gasteiger partial charge < -0.3 is 5.32 Å². The number of amides is 1. The summed E-state index contributed by atoms with van der Waals surface area (Å²) in [6, 6.07) is 11.6. The Labute approximate surface area is 132 Å². The van der Waals surface area contributed by atoms with Crippen LogP contribution in [0.15, 0.2) is 53.6 Å². The Hall–Kier alpha value is -2.74. The number of sulfone groups is 1. The summed E-state index contributed by atoms with van der Waals surface area (Å²) < 4.78 is 25.3. The minimum atomic E-state index is -3.48. The maximum atomic E-state index is 12.3. The second kappa shape index (κ2) is 5.81. The Morgan fingerprint density at radius 2 is 1.87 bits per heavy atom. The fourth-order valence-electron chi connectivity index (χ4n) is 2.24. The van der Waals surface area contributed by atoms with E-state index in [0.29, 0.717) is 11.5 Å². The van der Waals surface area contributed by atoms with Crippen LogP contribution in [0.1, 0.15) is 16.2 Å². The normalized spacial score (nSPS) is 11.5. The van der Waals surface area contributed by atoms with Gasteiger partial charge in [-0.3, -0.25) is 9.20 Å². The summed E-state index contributed by atoms with van der Waals surface area (Å²) in [6.07, 6.45) is 2.87. The number of rotatable bonds is 4. The summed E-state index contributed by atoms with van der Waals surface area (Å²) in [6.45, 7) is 0.141. The second-order valence-electron chi connectivity index (χ2n) is 5.00. The zero-order chi connectivity index (χ0) is 16.4. The van der Waals surface area contributed by atoms with Crippen LogP contribution in [0.3, 0.4) is 0 Å². The van der Waals surface area contributed by atoms with Gasteiger partial charge in [-0.2, -0.15) is 0 Å². The van der Waals surface area contributed by atoms with Gasteiger partial charge in [0.05, 0.1) is 17.0 Å². The van der Waals surface area contributed by atoms with Crippen molar-refractivity contribution in [1.29, 1.82) is 0 Å². The molecule has 0 unspecified atom stereocenters. The quantitative estimate of drug-likeness (QED) is 0.772. The van der Waals surface area contributed by atoms with E-state index in [0.717, 1.165) is 6.26 Å². The van der Waals surface area contributed by atoms with Crippen molar-refractivity contribution in [1.82, 2.24) is 19.9 Å². The van der Waals surface area contributed by atoms with E-state index in [9.17, 15) is 13.2 Å². The molecule has 3 rings (SSSR count). The molecule has 0 saturated carbocycles. The summed E-state index contributed by atoms with van der Waals surface area (Å²) in [5.74, 6) is 0.0875. The van der Waals surface area contributed by atoms with Crippen LogP contribution in [0, 0.1) is 0 Å². The Kier molecular flexibility index (Phi) is 3.83. The fourth-order valence-corrected chi connectivity index (χ4v) is 3.13. The van der Waals surface area contributed by atoms with Crippen molar-refractivity contribution in [3.05, 3.63) is 60.0 Å². The summed E-state index contributed by atoms with van der Waals surface area (Å²) in [4.78, 5) is 12.3. The molecular weight excluding hydrogens is 316 g/mol. The van der Waals surface area contributed by atoms with Gasteiger partial charge in [-0.05, 0) is 24.3 Å². The molecule has 0 aliphatic heterocycles. The fraction of sp³-hybridized carbons (Fsp3) is 0.133. The molecule has 0 aliphatic carbocycles. The molecule has 2 aromatic heterocycles. The average molecular weight is 330 g/mol. The van der Waals surface area contributed by atoms with Crippen LogP contribution >= 0.6 is 0 Å². The van der Waals surface area contributed by atoms with Crippen LogP contribution < -0.4 is 5.32 Å². The van der Waals surface area contributed by atoms with Crippen LogP contribution in [-0.2, 0) is 16.4 Å². The molecule has 0 bridgehead atoms. The minimum absolute atomic E-state index is 0.00333. The van der Waals surface area contributed by atoms with Crippen molar-refractivity contribution in [3.8, 4) is 0 Å². The molecule has 118 valence electrons. The highest BCUT2D eigenvalue weighted by atomic mass is 32.2. The number of aromatic nitrogens is 3. The molecule has 0 spiro atoms. The highest BCUT2D eigenvalue weighted by Gasteiger charge is 2.18. The number of carbonyl (C=O) groups is 1. The predicted molar refractivity (Wildman–Crippen MR) is 83.7 cm³/mol. The maximum absolute atomic E-state index is 12.3. The Bertz CT molecular complexity index is 979.